The molecule has 5 heteroatoms. The Balaban J connectivity index is 1.64. The molecule has 1 aliphatic carbocycles. The molecule has 5 nitrogen and oxygen atoms in total. The van der Waals surface area contributed by atoms with Gasteiger partial charge in [-0.1, -0.05) is 24.3 Å². The number of rotatable bonds is 7. The van der Waals surface area contributed by atoms with Crippen LogP contribution in [0.2, 0.25) is 0 Å². The quantitative estimate of drug-likeness (QED) is 0.821. The second kappa shape index (κ2) is 7.43. The molecule has 2 aromatic rings. The van der Waals surface area contributed by atoms with Gasteiger partial charge in [0.25, 0.3) is 0 Å². The topological polar surface area (TPSA) is 66.9 Å². The van der Waals surface area contributed by atoms with Crippen LogP contribution in [0.5, 0.6) is 0 Å². The smallest absolute Gasteiger partial charge is 0.223 e. The van der Waals surface area contributed by atoms with Crippen molar-refractivity contribution in [3.63, 3.8) is 0 Å². The Morgan fingerprint density at radius 2 is 2.00 bits per heavy atom. The lowest BCUT2D eigenvalue weighted by Gasteiger charge is -2.12. The van der Waals surface area contributed by atoms with Crippen LogP contribution in [0, 0.1) is 5.92 Å². The normalized spacial score (nSPS) is 14.9. The van der Waals surface area contributed by atoms with Crippen molar-refractivity contribution in [1.82, 2.24) is 15.3 Å². The molecule has 0 radical (unpaired) electrons. The summed E-state index contributed by atoms with van der Waals surface area (Å²) in [6, 6.07) is 10.4. The minimum absolute atomic E-state index is 0.00586. The molecule has 1 aliphatic rings. The molecular weight excluding hydrogens is 300 g/mol. The highest BCUT2D eigenvalue weighted by atomic mass is 16.1. The summed E-state index contributed by atoms with van der Waals surface area (Å²) in [5.74, 6) is 1.50. The van der Waals surface area contributed by atoms with E-state index in [0.717, 1.165) is 30.1 Å². The van der Waals surface area contributed by atoms with Gasteiger partial charge in [0, 0.05) is 31.3 Å². The van der Waals surface area contributed by atoms with Gasteiger partial charge in [0.15, 0.2) is 0 Å². The fraction of sp³-hybridized carbons (Fsp3) is 0.421. The van der Waals surface area contributed by atoms with Crippen molar-refractivity contribution < 1.29 is 4.79 Å². The summed E-state index contributed by atoms with van der Waals surface area (Å²) in [6.45, 7) is 4.52. The third-order valence-corrected chi connectivity index (χ3v) is 4.14. The first-order chi connectivity index (χ1) is 11.6. The zero-order valence-electron chi connectivity index (χ0n) is 14.2. The Bertz CT molecular complexity index is 695. The monoisotopic (exact) mass is 324 g/mol. The number of amides is 1. The van der Waals surface area contributed by atoms with Crippen LogP contribution in [0.1, 0.15) is 32.3 Å². The van der Waals surface area contributed by atoms with Crippen LogP contribution in [-0.4, -0.2) is 28.5 Å². The maximum Gasteiger partial charge on any atom is 0.223 e. The Morgan fingerprint density at radius 1 is 1.25 bits per heavy atom. The molecule has 126 valence electrons. The highest BCUT2D eigenvalue weighted by molar-refractivity contribution is 5.73. The first-order valence-electron chi connectivity index (χ1n) is 8.53. The highest BCUT2D eigenvalue weighted by Crippen LogP contribution is 2.28. The van der Waals surface area contributed by atoms with Gasteiger partial charge in [0.1, 0.15) is 0 Å². The van der Waals surface area contributed by atoms with Crippen LogP contribution < -0.4 is 10.6 Å². The van der Waals surface area contributed by atoms with Gasteiger partial charge in [-0.05, 0) is 43.7 Å². The fourth-order valence-electron chi connectivity index (χ4n) is 2.73. The van der Waals surface area contributed by atoms with Crippen molar-refractivity contribution in [2.24, 2.45) is 5.92 Å². The number of hydrogen-bond donors (Lipinski definition) is 2. The van der Waals surface area contributed by atoms with Gasteiger partial charge in [-0.3, -0.25) is 4.79 Å². The van der Waals surface area contributed by atoms with Gasteiger partial charge in [-0.15, -0.1) is 0 Å². The third-order valence-electron chi connectivity index (χ3n) is 4.14. The van der Waals surface area contributed by atoms with Crippen molar-refractivity contribution in [3.8, 4) is 11.3 Å². The molecule has 1 saturated carbocycles. The zero-order valence-corrected chi connectivity index (χ0v) is 14.2. The summed E-state index contributed by atoms with van der Waals surface area (Å²) < 4.78 is 0. The zero-order chi connectivity index (χ0) is 16.9. The van der Waals surface area contributed by atoms with Crippen molar-refractivity contribution >= 4 is 11.9 Å². The summed E-state index contributed by atoms with van der Waals surface area (Å²) in [6.07, 6.45) is 5.23. The molecule has 0 saturated heterocycles. The van der Waals surface area contributed by atoms with Gasteiger partial charge in [0.2, 0.25) is 11.9 Å². The second-order valence-electron chi connectivity index (χ2n) is 6.59. The molecule has 1 aromatic heterocycles. The van der Waals surface area contributed by atoms with E-state index in [1.165, 1.54) is 18.4 Å². The number of benzene rings is 1. The number of nitrogens with zero attached hydrogens (tertiary/aromatic N) is 2. The van der Waals surface area contributed by atoms with Crippen molar-refractivity contribution in [2.75, 3.05) is 11.9 Å². The molecular formula is C19H24N4O. The molecule has 24 heavy (non-hydrogen) atoms. The lowest BCUT2D eigenvalue weighted by Crippen LogP contribution is -2.31. The summed E-state index contributed by atoms with van der Waals surface area (Å²) in [4.78, 5) is 20.0. The maximum atomic E-state index is 11.1. The van der Waals surface area contributed by atoms with Crippen molar-refractivity contribution in [1.29, 1.82) is 0 Å². The average Bonchev–Trinajstić information content (AvgIpc) is 3.37. The Labute approximate surface area is 142 Å². The number of hydrogen-bond acceptors (Lipinski definition) is 4. The lowest BCUT2D eigenvalue weighted by atomic mass is 10.0. The van der Waals surface area contributed by atoms with Crippen LogP contribution in [0.4, 0.5) is 5.95 Å². The van der Waals surface area contributed by atoms with E-state index in [9.17, 15) is 4.79 Å². The van der Waals surface area contributed by atoms with E-state index in [4.69, 9.17) is 0 Å². The molecule has 0 bridgehead atoms. The molecule has 1 unspecified atom stereocenters. The SMILES string of the molecule is CC(=O)NC(C)Cc1ccc(-c2ccnc(NCC3CC3)n2)cc1. The first-order valence-corrected chi connectivity index (χ1v) is 8.53. The van der Waals surface area contributed by atoms with E-state index in [1.807, 2.05) is 13.0 Å². The second-order valence-corrected chi connectivity index (χ2v) is 6.59. The number of carbonyl (C=O) groups excluding carboxylic acids is 1. The van der Waals surface area contributed by atoms with Gasteiger partial charge in [0.05, 0.1) is 5.69 Å². The van der Waals surface area contributed by atoms with Gasteiger partial charge in [-0.25, -0.2) is 9.97 Å². The van der Waals surface area contributed by atoms with Gasteiger partial charge >= 0.3 is 0 Å². The van der Waals surface area contributed by atoms with E-state index >= 15 is 0 Å². The molecule has 1 fully saturated rings. The maximum absolute atomic E-state index is 11.1. The van der Waals surface area contributed by atoms with E-state index in [2.05, 4.69) is 44.9 Å². The number of carbonyl (C=O) groups is 1. The van der Waals surface area contributed by atoms with E-state index in [0.29, 0.717) is 5.95 Å². The predicted octanol–water partition coefficient (Wildman–Crippen LogP) is 3.03. The summed E-state index contributed by atoms with van der Waals surface area (Å²) in [7, 11) is 0. The molecule has 1 amide bonds. The van der Waals surface area contributed by atoms with Crippen molar-refractivity contribution in [3.05, 3.63) is 42.1 Å². The third kappa shape index (κ3) is 4.78. The molecule has 2 N–H and O–H groups in total. The first kappa shape index (κ1) is 16.4. The largest absolute Gasteiger partial charge is 0.354 e. The molecule has 0 spiro atoms. The highest BCUT2D eigenvalue weighted by Gasteiger charge is 2.20. The van der Waals surface area contributed by atoms with Crippen LogP contribution >= 0.6 is 0 Å². The Hall–Kier alpha value is -2.43. The van der Waals surface area contributed by atoms with Gasteiger partial charge < -0.3 is 10.6 Å². The standard InChI is InChI=1S/C19H24N4O/c1-13(22-14(2)24)11-15-5-7-17(8-6-15)18-9-10-20-19(23-18)21-12-16-3-4-16/h5-10,13,16H,3-4,11-12H2,1-2H3,(H,22,24)(H,20,21,23). The fourth-order valence-corrected chi connectivity index (χ4v) is 2.73. The summed E-state index contributed by atoms with van der Waals surface area (Å²) >= 11 is 0. The van der Waals surface area contributed by atoms with E-state index in [-0.39, 0.29) is 11.9 Å². The van der Waals surface area contributed by atoms with Crippen LogP contribution in [0.15, 0.2) is 36.5 Å². The van der Waals surface area contributed by atoms with Gasteiger partial charge in [-0.2, -0.15) is 0 Å². The Morgan fingerprint density at radius 3 is 2.67 bits per heavy atom. The van der Waals surface area contributed by atoms with Crippen LogP contribution in [0.25, 0.3) is 11.3 Å². The summed E-state index contributed by atoms with van der Waals surface area (Å²) in [5.41, 5.74) is 3.19. The molecule has 1 heterocycles. The van der Waals surface area contributed by atoms with E-state index in [1.54, 1.807) is 13.1 Å². The molecule has 0 aliphatic heterocycles. The van der Waals surface area contributed by atoms with Crippen LogP contribution in [0.3, 0.4) is 0 Å². The Kier molecular flexibility index (Phi) is 5.08. The molecule has 1 atom stereocenters. The number of nitrogens with one attached hydrogen (secondary N) is 2. The summed E-state index contributed by atoms with van der Waals surface area (Å²) in [5, 5.41) is 6.22. The minimum atomic E-state index is 0.00586. The number of anilines is 1. The predicted molar refractivity (Wildman–Crippen MR) is 95.7 cm³/mol. The molecule has 3 rings (SSSR count). The van der Waals surface area contributed by atoms with Crippen LogP contribution in [-0.2, 0) is 11.2 Å². The average molecular weight is 324 g/mol. The minimum Gasteiger partial charge on any atom is -0.354 e. The lowest BCUT2D eigenvalue weighted by molar-refractivity contribution is -0.119. The van der Waals surface area contributed by atoms with E-state index < -0.39 is 0 Å². The number of aromatic nitrogens is 2. The molecule has 1 aromatic carbocycles. The van der Waals surface area contributed by atoms with Crippen molar-refractivity contribution in [2.45, 2.75) is 39.2 Å².